The lowest BCUT2D eigenvalue weighted by molar-refractivity contribution is -0.143. The maximum absolute atomic E-state index is 14.2. The maximum Gasteiger partial charge on any atom is 0.455 e. The molecule has 55 heavy (non-hydrogen) atoms. The average Bonchev–Trinajstić information content (AvgIpc) is 3.40. The number of carbonyl (C=O) groups excluding carboxylic acids is 2. The smallest absolute Gasteiger partial charge is 0.455 e. The van der Waals surface area contributed by atoms with Crippen molar-refractivity contribution in [2.24, 2.45) is 17.8 Å². The van der Waals surface area contributed by atoms with Gasteiger partial charge in [-0.15, -0.1) is 0 Å². The summed E-state index contributed by atoms with van der Waals surface area (Å²) in [7, 11) is -1.40. The van der Waals surface area contributed by atoms with Gasteiger partial charge in [-0.1, -0.05) is 66.7 Å². The molecule has 0 unspecified atom stereocenters. The molecular weight excluding hydrogens is 727 g/mol. The summed E-state index contributed by atoms with van der Waals surface area (Å²) >= 11 is 0. The molecule has 4 atom stereocenters. The van der Waals surface area contributed by atoms with Crippen LogP contribution in [0, 0.1) is 17.8 Å². The molecule has 7 nitrogen and oxygen atoms in total. The van der Waals surface area contributed by atoms with Gasteiger partial charge in [0.25, 0.3) is 0 Å². The quantitative estimate of drug-likeness (QED) is 0.0582. The number of hydrogen-bond donors (Lipinski definition) is 2. The van der Waals surface area contributed by atoms with E-state index in [4.69, 9.17) is 9.39 Å². The third kappa shape index (κ3) is 8.06. The SMILES string of the molecule is O=C1[C@@H]2[C@@H](CC(COc3ccccc3)=C3[C@@H](CC/C(=C/c4cccc(O)c4)c4ccccc4)OB(O)C[C@@H]32)C(=O)N1c1cc(C(F)(F)F)cc(C(F)(F)F)c1. The predicted octanol–water partition coefficient (Wildman–Crippen LogP) is 8.83. The van der Waals surface area contributed by atoms with Gasteiger partial charge in [0.1, 0.15) is 18.1 Å². The highest BCUT2D eigenvalue weighted by atomic mass is 19.4. The Hall–Kier alpha value is -5.34. The van der Waals surface area contributed by atoms with E-state index in [1.54, 1.807) is 48.5 Å². The standard InChI is InChI=1S/C41H34BF6NO6/c43-40(44,45)28-19-29(41(46,47)48)21-30(20-28)49-38(51)33-18-27(23-54-32-12-5-2-6-13-32)36-34(37(33)39(49)52)22-42(53)55-35(36)15-14-26(25-9-3-1-4-10-25)16-24-8-7-11-31(50)17-24/h1-13,16-17,19-21,33-35,37,50,53H,14-15,18,22-23H2/b26-16-/t33-,34+,35-,37-/m1/s1. The second-order valence-corrected chi connectivity index (χ2v) is 13.9. The molecule has 2 aliphatic heterocycles. The van der Waals surface area contributed by atoms with Crippen molar-refractivity contribution in [3.05, 3.63) is 137 Å². The van der Waals surface area contributed by atoms with Crippen LogP contribution in [0.4, 0.5) is 32.0 Å². The molecule has 1 aliphatic carbocycles. The van der Waals surface area contributed by atoms with E-state index in [1.807, 2.05) is 42.5 Å². The van der Waals surface area contributed by atoms with Gasteiger partial charge < -0.3 is 19.5 Å². The van der Waals surface area contributed by atoms with Crippen LogP contribution in [0.1, 0.15) is 41.5 Å². The van der Waals surface area contributed by atoms with Gasteiger partial charge in [0.2, 0.25) is 11.8 Å². The van der Waals surface area contributed by atoms with E-state index < -0.39 is 72.0 Å². The van der Waals surface area contributed by atoms with Crippen LogP contribution < -0.4 is 9.64 Å². The van der Waals surface area contributed by atoms with Crippen LogP contribution in [0.2, 0.25) is 6.32 Å². The molecule has 4 aromatic rings. The van der Waals surface area contributed by atoms with Crippen LogP contribution in [0.5, 0.6) is 11.5 Å². The number of benzene rings is 4. The minimum atomic E-state index is -5.20. The first-order valence-electron chi connectivity index (χ1n) is 17.6. The van der Waals surface area contributed by atoms with Gasteiger partial charge in [-0.05, 0) is 102 Å². The minimum Gasteiger partial charge on any atom is -0.508 e. The van der Waals surface area contributed by atoms with Crippen molar-refractivity contribution in [1.82, 2.24) is 0 Å². The van der Waals surface area contributed by atoms with Gasteiger partial charge in [-0.2, -0.15) is 26.3 Å². The van der Waals surface area contributed by atoms with Crippen molar-refractivity contribution in [3.8, 4) is 11.5 Å². The van der Waals surface area contributed by atoms with Gasteiger partial charge in [0, 0.05) is 0 Å². The topological polar surface area (TPSA) is 96.3 Å². The van der Waals surface area contributed by atoms with Crippen molar-refractivity contribution in [2.75, 3.05) is 11.5 Å². The van der Waals surface area contributed by atoms with Crippen molar-refractivity contribution in [3.63, 3.8) is 0 Å². The molecule has 3 aliphatic rings. The molecule has 2 heterocycles. The molecule has 7 rings (SSSR count). The van der Waals surface area contributed by atoms with Crippen LogP contribution in [-0.2, 0) is 26.6 Å². The van der Waals surface area contributed by atoms with E-state index in [9.17, 15) is 46.1 Å². The number of hydrogen-bond acceptors (Lipinski definition) is 6. The molecule has 4 aromatic carbocycles. The predicted molar refractivity (Wildman–Crippen MR) is 192 cm³/mol. The van der Waals surface area contributed by atoms with Crippen LogP contribution in [0.3, 0.4) is 0 Å². The lowest BCUT2D eigenvalue weighted by Crippen LogP contribution is -2.46. The van der Waals surface area contributed by atoms with Crippen molar-refractivity contribution >= 4 is 36.3 Å². The first-order chi connectivity index (χ1) is 26.2. The number of aromatic hydroxyl groups is 1. The van der Waals surface area contributed by atoms with Crippen molar-refractivity contribution < 1.29 is 55.5 Å². The number of carbonyl (C=O) groups is 2. The number of ether oxygens (including phenoxy) is 1. The highest BCUT2D eigenvalue weighted by Crippen LogP contribution is 2.52. The first kappa shape index (κ1) is 38.0. The average molecular weight is 762 g/mol. The second-order valence-electron chi connectivity index (χ2n) is 13.9. The summed E-state index contributed by atoms with van der Waals surface area (Å²) in [5, 5.41) is 21.2. The van der Waals surface area contributed by atoms with Crippen LogP contribution >= 0.6 is 0 Å². The van der Waals surface area contributed by atoms with E-state index in [0.717, 1.165) is 16.7 Å². The number of phenols is 1. The number of nitrogens with zero attached hydrogens (tertiary/aromatic N) is 1. The van der Waals surface area contributed by atoms with E-state index in [0.29, 0.717) is 40.3 Å². The van der Waals surface area contributed by atoms with E-state index in [1.165, 1.54) is 0 Å². The number of halogens is 6. The molecular formula is C41H34BF6NO6. The maximum atomic E-state index is 14.2. The monoisotopic (exact) mass is 761 g/mol. The number of para-hydroxylation sites is 1. The number of phenolic OH excluding ortho intramolecular Hbond substituents is 1. The molecule has 14 heteroatoms. The second kappa shape index (κ2) is 15.1. The summed E-state index contributed by atoms with van der Waals surface area (Å²) in [6, 6.07) is 25.7. The number of anilines is 1. The molecule has 2 amide bonds. The number of amides is 2. The van der Waals surface area contributed by atoms with E-state index in [2.05, 4.69) is 0 Å². The zero-order valence-corrected chi connectivity index (χ0v) is 29.1. The number of fused-ring (bicyclic) bond motifs is 3. The van der Waals surface area contributed by atoms with Gasteiger partial charge >= 0.3 is 19.5 Å². The Morgan fingerprint density at radius 2 is 1.49 bits per heavy atom. The van der Waals surface area contributed by atoms with Crippen molar-refractivity contribution in [1.29, 1.82) is 0 Å². The molecule has 0 spiro atoms. The summed E-state index contributed by atoms with van der Waals surface area (Å²) in [4.78, 5) is 28.7. The fourth-order valence-corrected chi connectivity index (χ4v) is 7.96. The third-order valence-electron chi connectivity index (χ3n) is 10.3. The Bertz CT molecular complexity index is 2110. The summed E-state index contributed by atoms with van der Waals surface area (Å²) < 4.78 is 95.3. The lowest BCUT2D eigenvalue weighted by Gasteiger charge is -2.43. The van der Waals surface area contributed by atoms with Gasteiger partial charge in [-0.25, -0.2) is 4.90 Å². The van der Waals surface area contributed by atoms with Crippen LogP contribution in [-0.4, -0.2) is 41.8 Å². The minimum absolute atomic E-state index is 0.0526. The lowest BCUT2D eigenvalue weighted by atomic mass is 9.58. The zero-order chi connectivity index (χ0) is 39.1. The highest BCUT2D eigenvalue weighted by Gasteiger charge is 2.58. The Morgan fingerprint density at radius 3 is 2.13 bits per heavy atom. The Balaban J connectivity index is 1.27. The summed E-state index contributed by atoms with van der Waals surface area (Å²) in [5.74, 6) is -4.47. The number of allylic oxidation sites excluding steroid dienone is 1. The Kier molecular flexibility index (Phi) is 10.4. The fourth-order valence-electron chi connectivity index (χ4n) is 7.96. The molecule has 284 valence electrons. The Morgan fingerprint density at radius 1 is 0.836 bits per heavy atom. The van der Waals surface area contributed by atoms with E-state index >= 15 is 0 Å². The summed E-state index contributed by atoms with van der Waals surface area (Å²) in [6.07, 6.45) is -8.83. The zero-order valence-electron chi connectivity index (χ0n) is 29.1. The van der Waals surface area contributed by atoms with Crippen LogP contribution in [0.15, 0.2) is 114 Å². The fraction of sp³-hybridized carbons (Fsp3) is 0.268. The molecule has 0 bridgehead atoms. The Labute approximate surface area is 312 Å². The summed E-state index contributed by atoms with van der Waals surface area (Å²) in [5.41, 5.74) is -0.457. The van der Waals surface area contributed by atoms with E-state index in [-0.39, 0.29) is 37.6 Å². The molecule has 0 radical (unpaired) electrons. The summed E-state index contributed by atoms with van der Waals surface area (Å²) in [6.45, 7) is -0.0526. The van der Waals surface area contributed by atoms with Gasteiger partial charge in [0.15, 0.2) is 0 Å². The third-order valence-corrected chi connectivity index (χ3v) is 10.3. The number of imide groups is 1. The normalized spacial score (nSPS) is 21.8. The highest BCUT2D eigenvalue weighted by molar-refractivity contribution is 6.43. The molecule has 0 aromatic heterocycles. The van der Waals surface area contributed by atoms with Gasteiger partial charge in [0.05, 0.1) is 34.8 Å². The van der Waals surface area contributed by atoms with Gasteiger partial charge in [-0.3, -0.25) is 9.59 Å². The molecule has 2 fully saturated rings. The first-order valence-corrected chi connectivity index (χ1v) is 17.6. The molecule has 2 N–H and O–H groups in total. The molecule has 2 saturated heterocycles. The number of rotatable bonds is 9. The molecule has 0 saturated carbocycles. The van der Waals surface area contributed by atoms with Crippen LogP contribution in [0.25, 0.3) is 11.6 Å². The number of alkyl halides is 6. The van der Waals surface area contributed by atoms with Crippen molar-refractivity contribution in [2.45, 2.75) is 44.0 Å². The largest absolute Gasteiger partial charge is 0.508 e.